The van der Waals surface area contributed by atoms with Gasteiger partial charge in [0.1, 0.15) is 0 Å². The fourth-order valence-corrected chi connectivity index (χ4v) is 2.34. The fourth-order valence-electron chi connectivity index (χ4n) is 1.64. The van der Waals surface area contributed by atoms with Crippen molar-refractivity contribution in [3.05, 3.63) is 58.8 Å². The number of ketones is 1. The van der Waals surface area contributed by atoms with E-state index < -0.39 is 5.60 Å². The maximum absolute atomic E-state index is 11.8. The summed E-state index contributed by atoms with van der Waals surface area (Å²) in [5.41, 5.74) is -0.394. The summed E-state index contributed by atoms with van der Waals surface area (Å²) >= 11 is 1.45. The number of rotatable bonds is 5. The van der Waals surface area contributed by atoms with Crippen LogP contribution in [0.4, 0.5) is 0 Å². The van der Waals surface area contributed by atoms with Crippen molar-refractivity contribution in [2.24, 2.45) is 0 Å². The predicted molar refractivity (Wildman–Crippen MR) is 72.0 cm³/mol. The maximum Gasteiger partial charge on any atom is 0.173 e. The predicted octanol–water partition coefficient (Wildman–Crippen LogP) is 3.21. The van der Waals surface area contributed by atoms with Crippen LogP contribution in [0.1, 0.15) is 19.4 Å². The van der Waals surface area contributed by atoms with Crippen molar-refractivity contribution >= 4 is 17.1 Å². The Morgan fingerprint density at radius 2 is 2.29 bits per heavy atom. The number of hydrogen-bond acceptors (Lipinski definition) is 3. The number of aliphatic hydroxyl groups is 1. The van der Waals surface area contributed by atoms with Crippen LogP contribution in [0.15, 0.2) is 53.3 Å². The van der Waals surface area contributed by atoms with E-state index in [1.807, 2.05) is 5.38 Å². The Balaban J connectivity index is 3.30. The molecule has 2 nitrogen and oxygen atoms in total. The van der Waals surface area contributed by atoms with E-state index in [0.717, 1.165) is 0 Å². The third kappa shape index (κ3) is 2.62. The average molecular weight is 248 g/mol. The third-order valence-corrected chi connectivity index (χ3v) is 3.27. The van der Waals surface area contributed by atoms with Gasteiger partial charge in [0, 0.05) is 5.56 Å². The van der Waals surface area contributed by atoms with Gasteiger partial charge in [-0.3, -0.25) is 4.79 Å². The first-order valence-corrected chi connectivity index (χ1v) is 6.23. The van der Waals surface area contributed by atoms with Crippen LogP contribution in [-0.2, 0) is 10.4 Å². The second-order valence-corrected chi connectivity index (χ2v) is 4.40. The molecular weight excluding hydrogens is 232 g/mol. The second-order valence-electron chi connectivity index (χ2n) is 3.62. The molecular formula is C14H16O2S. The first-order chi connectivity index (χ1) is 8.07. The lowest BCUT2D eigenvalue weighted by molar-refractivity contribution is -0.132. The summed E-state index contributed by atoms with van der Waals surface area (Å²) < 4.78 is 0. The summed E-state index contributed by atoms with van der Waals surface area (Å²) in [6.45, 7) is 6.76. The highest BCUT2D eigenvalue weighted by atomic mass is 32.1. The van der Waals surface area contributed by atoms with Gasteiger partial charge in [-0.15, -0.1) is 0 Å². The van der Waals surface area contributed by atoms with Crippen LogP contribution in [0.3, 0.4) is 0 Å². The van der Waals surface area contributed by atoms with Crippen LogP contribution < -0.4 is 0 Å². The van der Waals surface area contributed by atoms with Crippen LogP contribution in [0.5, 0.6) is 0 Å². The molecule has 1 N–H and O–H groups in total. The summed E-state index contributed by atoms with van der Waals surface area (Å²) in [4.78, 5) is 11.8. The van der Waals surface area contributed by atoms with Gasteiger partial charge < -0.3 is 5.11 Å². The van der Waals surface area contributed by atoms with Gasteiger partial charge in [0.25, 0.3) is 0 Å². The standard InChI is InChI=1S/C14H16O2S/c1-4-6-7-12(5-2)14(16,11(3)15)13-8-9-17-10-13/h4-10,16H,1H2,2-3H3/b7-6-,12-5+. The quantitative estimate of drug-likeness (QED) is 0.812. The highest BCUT2D eigenvalue weighted by molar-refractivity contribution is 7.08. The van der Waals surface area contributed by atoms with E-state index in [0.29, 0.717) is 11.1 Å². The van der Waals surface area contributed by atoms with Crippen LogP contribution in [0.2, 0.25) is 0 Å². The SMILES string of the molecule is C=C/C=C\C(=C/C)C(O)(C(C)=O)c1ccsc1. The number of carbonyl (C=O) groups is 1. The molecule has 0 saturated carbocycles. The highest BCUT2D eigenvalue weighted by Crippen LogP contribution is 2.32. The van der Waals surface area contributed by atoms with Crippen molar-refractivity contribution in [3.63, 3.8) is 0 Å². The van der Waals surface area contributed by atoms with Gasteiger partial charge in [-0.2, -0.15) is 11.3 Å². The monoisotopic (exact) mass is 248 g/mol. The van der Waals surface area contributed by atoms with Crippen LogP contribution >= 0.6 is 11.3 Å². The van der Waals surface area contributed by atoms with Gasteiger partial charge >= 0.3 is 0 Å². The van der Waals surface area contributed by atoms with Crippen LogP contribution in [0.25, 0.3) is 0 Å². The van der Waals surface area contributed by atoms with Gasteiger partial charge in [-0.25, -0.2) is 0 Å². The van der Waals surface area contributed by atoms with E-state index >= 15 is 0 Å². The minimum atomic E-state index is -1.56. The third-order valence-electron chi connectivity index (χ3n) is 2.59. The summed E-state index contributed by atoms with van der Waals surface area (Å²) in [6, 6.07) is 1.76. The molecule has 0 aliphatic carbocycles. The molecule has 0 aliphatic heterocycles. The second kappa shape index (κ2) is 5.75. The van der Waals surface area contributed by atoms with Crippen molar-refractivity contribution < 1.29 is 9.90 Å². The molecule has 1 aromatic rings. The van der Waals surface area contributed by atoms with Gasteiger partial charge in [-0.1, -0.05) is 30.9 Å². The molecule has 1 rings (SSSR count). The minimum Gasteiger partial charge on any atom is -0.373 e. The van der Waals surface area contributed by atoms with E-state index in [1.54, 1.807) is 42.7 Å². The molecule has 0 spiro atoms. The van der Waals surface area contributed by atoms with Gasteiger partial charge in [0.05, 0.1) is 0 Å². The molecule has 0 fully saturated rings. The molecule has 0 amide bonds. The summed E-state index contributed by atoms with van der Waals surface area (Å²) in [5, 5.41) is 14.3. The molecule has 1 atom stereocenters. The van der Waals surface area contributed by atoms with Crippen molar-refractivity contribution in [1.29, 1.82) is 0 Å². The van der Waals surface area contributed by atoms with Crippen LogP contribution in [0, 0.1) is 0 Å². The molecule has 0 aliphatic rings. The van der Waals surface area contributed by atoms with Gasteiger partial charge in [0.15, 0.2) is 11.4 Å². The zero-order valence-corrected chi connectivity index (χ0v) is 10.8. The van der Waals surface area contributed by atoms with Gasteiger partial charge in [-0.05, 0) is 36.2 Å². The lowest BCUT2D eigenvalue weighted by atomic mass is 9.84. The Bertz CT molecular complexity index is 455. The Morgan fingerprint density at radius 1 is 1.59 bits per heavy atom. The molecule has 0 saturated heterocycles. The normalized spacial score (nSPS) is 15.8. The maximum atomic E-state index is 11.8. The van der Waals surface area contributed by atoms with Crippen LogP contribution in [-0.4, -0.2) is 10.9 Å². The van der Waals surface area contributed by atoms with E-state index in [2.05, 4.69) is 6.58 Å². The molecule has 1 aromatic heterocycles. The lowest BCUT2D eigenvalue weighted by Gasteiger charge is -2.26. The first-order valence-electron chi connectivity index (χ1n) is 5.29. The van der Waals surface area contributed by atoms with E-state index in [9.17, 15) is 9.90 Å². The molecule has 3 heteroatoms. The molecule has 17 heavy (non-hydrogen) atoms. The summed E-state index contributed by atoms with van der Waals surface area (Å²) in [7, 11) is 0. The first kappa shape index (κ1) is 13.6. The minimum absolute atomic E-state index is 0.294. The molecule has 1 heterocycles. The molecule has 0 radical (unpaired) electrons. The number of Topliss-reactive ketones (excluding diaryl/α,β-unsaturated/α-hetero) is 1. The van der Waals surface area contributed by atoms with Crippen molar-refractivity contribution in [1.82, 2.24) is 0 Å². The van der Waals surface area contributed by atoms with E-state index in [4.69, 9.17) is 0 Å². The molecule has 0 aromatic carbocycles. The number of hydrogen-bond donors (Lipinski definition) is 1. The van der Waals surface area contributed by atoms with Crippen molar-refractivity contribution in [2.75, 3.05) is 0 Å². The molecule has 90 valence electrons. The average Bonchev–Trinajstić information content (AvgIpc) is 2.83. The molecule has 0 bridgehead atoms. The largest absolute Gasteiger partial charge is 0.373 e. The lowest BCUT2D eigenvalue weighted by Crippen LogP contribution is -2.35. The van der Waals surface area contributed by atoms with E-state index in [1.165, 1.54) is 18.3 Å². The van der Waals surface area contributed by atoms with E-state index in [-0.39, 0.29) is 5.78 Å². The number of thiophene rings is 1. The van der Waals surface area contributed by atoms with Crippen molar-refractivity contribution in [3.8, 4) is 0 Å². The summed E-state index contributed by atoms with van der Waals surface area (Å²) in [6.07, 6.45) is 6.75. The number of allylic oxidation sites excluding steroid dienone is 3. The zero-order chi connectivity index (χ0) is 12.9. The van der Waals surface area contributed by atoms with Crippen molar-refractivity contribution in [2.45, 2.75) is 19.4 Å². The Hall–Kier alpha value is -1.45. The highest BCUT2D eigenvalue weighted by Gasteiger charge is 2.37. The zero-order valence-electron chi connectivity index (χ0n) is 10.0. The Morgan fingerprint density at radius 3 is 2.71 bits per heavy atom. The Labute approximate surface area is 106 Å². The number of carbonyl (C=O) groups excluding carboxylic acids is 1. The molecule has 1 unspecified atom stereocenters. The summed E-state index contributed by atoms with van der Waals surface area (Å²) in [5.74, 6) is -0.294. The fraction of sp³-hybridized carbons (Fsp3) is 0.214. The topological polar surface area (TPSA) is 37.3 Å². The smallest absolute Gasteiger partial charge is 0.173 e. The Kier molecular flexibility index (Phi) is 4.61. The van der Waals surface area contributed by atoms with Gasteiger partial charge in [0.2, 0.25) is 0 Å².